The Morgan fingerprint density at radius 2 is 2.13 bits per heavy atom. The summed E-state index contributed by atoms with van der Waals surface area (Å²) in [5.41, 5.74) is 2.72. The molecule has 0 aliphatic carbocycles. The van der Waals surface area contributed by atoms with Crippen LogP contribution in [0.5, 0.6) is 0 Å². The van der Waals surface area contributed by atoms with Gasteiger partial charge in [0.25, 0.3) is 0 Å². The van der Waals surface area contributed by atoms with Crippen LogP contribution in [0.4, 0.5) is 10.7 Å². The maximum absolute atomic E-state index is 13.0. The summed E-state index contributed by atoms with van der Waals surface area (Å²) in [6.07, 6.45) is 3.31. The summed E-state index contributed by atoms with van der Waals surface area (Å²) in [4.78, 5) is 23.6. The van der Waals surface area contributed by atoms with E-state index in [4.69, 9.17) is 28.5 Å². The number of rotatable bonds is 6. The van der Waals surface area contributed by atoms with Crippen molar-refractivity contribution in [3.63, 3.8) is 0 Å². The van der Waals surface area contributed by atoms with E-state index in [2.05, 4.69) is 26.7 Å². The van der Waals surface area contributed by atoms with E-state index < -0.39 is 0 Å². The first-order valence-corrected chi connectivity index (χ1v) is 10.6. The molecule has 7 nitrogen and oxygen atoms in total. The van der Waals surface area contributed by atoms with E-state index in [0.717, 1.165) is 16.8 Å². The Labute approximate surface area is 186 Å². The van der Waals surface area contributed by atoms with Gasteiger partial charge in [-0.3, -0.25) is 0 Å². The Balaban J connectivity index is 1.73. The molecule has 1 aromatic heterocycles. The zero-order valence-corrected chi connectivity index (χ0v) is 18.5. The molecule has 2 amide bonds. The second kappa shape index (κ2) is 9.96. The Bertz CT molecular complexity index is 959. The molecule has 1 aromatic carbocycles. The largest absolute Gasteiger partial charge is 0.352 e. The number of benzene rings is 1. The van der Waals surface area contributed by atoms with E-state index in [1.165, 1.54) is 0 Å². The predicted molar refractivity (Wildman–Crippen MR) is 117 cm³/mol. The number of aromatic nitrogens is 2. The third-order valence-corrected chi connectivity index (χ3v) is 5.58. The Kier molecular flexibility index (Phi) is 7.35. The highest BCUT2D eigenvalue weighted by Crippen LogP contribution is 2.28. The molecule has 2 N–H and O–H groups in total. The molecule has 0 bridgehead atoms. The van der Waals surface area contributed by atoms with Crippen molar-refractivity contribution < 1.29 is 4.79 Å². The summed E-state index contributed by atoms with van der Waals surface area (Å²) in [6, 6.07) is 7.06. The molecular weight excluding hydrogens is 423 g/mol. The number of urea groups is 1. The highest BCUT2D eigenvalue weighted by Gasteiger charge is 2.25. The molecule has 30 heavy (non-hydrogen) atoms. The first-order valence-electron chi connectivity index (χ1n) is 9.86. The van der Waals surface area contributed by atoms with Crippen molar-refractivity contribution in [2.45, 2.75) is 51.7 Å². The molecule has 3 rings (SSSR count). The molecule has 2 heterocycles. The molecular formula is C21H24Cl2N6O. The topological polar surface area (TPSA) is 93.9 Å². The van der Waals surface area contributed by atoms with Crippen molar-refractivity contribution in [1.29, 1.82) is 5.26 Å². The third kappa shape index (κ3) is 5.53. The number of hydrogen-bond donors (Lipinski definition) is 2. The highest BCUT2D eigenvalue weighted by molar-refractivity contribution is 6.42. The van der Waals surface area contributed by atoms with Crippen LogP contribution in [0.3, 0.4) is 0 Å². The van der Waals surface area contributed by atoms with Crippen molar-refractivity contribution in [3.8, 4) is 6.07 Å². The summed E-state index contributed by atoms with van der Waals surface area (Å²) in [5, 5.41) is 16.1. The lowest BCUT2D eigenvalue weighted by Crippen LogP contribution is -2.44. The van der Waals surface area contributed by atoms with Crippen LogP contribution in [-0.2, 0) is 13.0 Å². The van der Waals surface area contributed by atoms with Crippen LogP contribution in [0.15, 0.2) is 24.4 Å². The molecule has 0 radical (unpaired) electrons. The number of hydrogen-bond acceptors (Lipinski definition) is 5. The molecule has 0 saturated carbocycles. The number of nitriles is 1. The van der Waals surface area contributed by atoms with E-state index >= 15 is 0 Å². The van der Waals surface area contributed by atoms with Crippen molar-refractivity contribution >= 4 is 35.2 Å². The van der Waals surface area contributed by atoms with E-state index in [9.17, 15) is 4.79 Å². The lowest BCUT2D eigenvalue weighted by atomic mass is 10.0. The first-order chi connectivity index (χ1) is 14.4. The maximum atomic E-state index is 13.0. The van der Waals surface area contributed by atoms with Crippen LogP contribution in [0.2, 0.25) is 10.0 Å². The third-order valence-electron chi connectivity index (χ3n) is 4.84. The van der Waals surface area contributed by atoms with Gasteiger partial charge in [0, 0.05) is 25.2 Å². The smallest absolute Gasteiger partial charge is 0.318 e. The van der Waals surface area contributed by atoms with E-state index in [-0.39, 0.29) is 18.1 Å². The number of carbonyl (C=O) groups excluding carboxylic acids is 1. The van der Waals surface area contributed by atoms with Gasteiger partial charge >= 0.3 is 6.03 Å². The monoisotopic (exact) mass is 446 g/mol. The minimum Gasteiger partial charge on any atom is -0.352 e. The van der Waals surface area contributed by atoms with Gasteiger partial charge in [-0.05, 0) is 49.9 Å². The lowest BCUT2D eigenvalue weighted by Gasteiger charge is -2.30. The second-order valence-electron chi connectivity index (χ2n) is 7.51. The molecule has 1 aliphatic heterocycles. The van der Waals surface area contributed by atoms with Gasteiger partial charge in [0.1, 0.15) is 0 Å². The van der Waals surface area contributed by atoms with Gasteiger partial charge in [-0.1, -0.05) is 29.3 Å². The average molecular weight is 447 g/mol. The minimum atomic E-state index is -0.336. The molecule has 0 saturated heterocycles. The van der Waals surface area contributed by atoms with E-state index in [1.807, 2.05) is 26.1 Å². The van der Waals surface area contributed by atoms with E-state index in [1.54, 1.807) is 17.0 Å². The van der Waals surface area contributed by atoms with Crippen molar-refractivity contribution in [3.05, 3.63) is 51.3 Å². The maximum Gasteiger partial charge on any atom is 0.318 e. The van der Waals surface area contributed by atoms with Crippen LogP contribution in [0, 0.1) is 11.3 Å². The van der Waals surface area contributed by atoms with Gasteiger partial charge in [0.05, 0.1) is 34.4 Å². The molecule has 158 valence electrons. The summed E-state index contributed by atoms with van der Waals surface area (Å²) >= 11 is 12.2. The van der Waals surface area contributed by atoms with Crippen molar-refractivity contribution in [2.75, 3.05) is 11.9 Å². The fraction of sp³-hybridized carbons (Fsp3) is 0.429. The zero-order chi connectivity index (χ0) is 21.7. The SMILES string of the molecule is CC(C)Nc1ncc2c(n1)CN(C(=O)NC(CCC#N)c1ccc(Cl)c(Cl)c1)CC2. The zero-order valence-electron chi connectivity index (χ0n) is 17.0. The Morgan fingerprint density at radius 3 is 2.83 bits per heavy atom. The number of fused-ring (bicyclic) bond motifs is 1. The van der Waals surface area contributed by atoms with Crippen LogP contribution in [-0.4, -0.2) is 33.5 Å². The lowest BCUT2D eigenvalue weighted by molar-refractivity contribution is 0.186. The van der Waals surface area contributed by atoms with Gasteiger partial charge in [0.2, 0.25) is 5.95 Å². The first kappa shape index (κ1) is 22.1. The van der Waals surface area contributed by atoms with Gasteiger partial charge in [-0.15, -0.1) is 0 Å². The quantitative estimate of drug-likeness (QED) is 0.669. The fourth-order valence-corrected chi connectivity index (χ4v) is 3.61. The minimum absolute atomic E-state index is 0.202. The number of nitrogens with zero attached hydrogens (tertiary/aromatic N) is 4. The second-order valence-corrected chi connectivity index (χ2v) is 8.32. The van der Waals surface area contributed by atoms with Crippen molar-refractivity contribution in [1.82, 2.24) is 20.2 Å². The molecule has 0 fully saturated rings. The van der Waals surface area contributed by atoms with Gasteiger partial charge in [-0.2, -0.15) is 5.26 Å². The molecule has 2 aromatic rings. The molecule has 1 unspecified atom stereocenters. The predicted octanol–water partition coefficient (Wildman–Crippen LogP) is 4.72. The number of carbonyl (C=O) groups is 1. The number of anilines is 1. The summed E-state index contributed by atoms with van der Waals surface area (Å²) in [7, 11) is 0. The van der Waals surface area contributed by atoms with E-state index in [0.29, 0.717) is 48.3 Å². The molecule has 9 heteroatoms. The molecule has 1 atom stereocenters. The van der Waals surface area contributed by atoms with Crippen LogP contribution >= 0.6 is 23.2 Å². The van der Waals surface area contributed by atoms with Crippen LogP contribution in [0.1, 0.15) is 49.6 Å². The van der Waals surface area contributed by atoms with Crippen LogP contribution in [0.25, 0.3) is 0 Å². The average Bonchev–Trinajstić information content (AvgIpc) is 2.72. The van der Waals surface area contributed by atoms with Crippen molar-refractivity contribution in [2.24, 2.45) is 0 Å². The normalized spacial score (nSPS) is 14.1. The van der Waals surface area contributed by atoms with Gasteiger partial charge in [-0.25, -0.2) is 14.8 Å². The van der Waals surface area contributed by atoms with Crippen LogP contribution < -0.4 is 10.6 Å². The Morgan fingerprint density at radius 1 is 1.33 bits per heavy atom. The summed E-state index contributed by atoms with van der Waals surface area (Å²) in [6.45, 7) is 5.02. The van der Waals surface area contributed by atoms with Gasteiger partial charge < -0.3 is 15.5 Å². The number of nitrogens with one attached hydrogen (secondary N) is 2. The number of amides is 2. The Hall–Kier alpha value is -2.56. The summed E-state index contributed by atoms with van der Waals surface area (Å²) in [5.74, 6) is 0.564. The summed E-state index contributed by atoms with van der Waals surface area (Å²) < 4.78 is 0. The highest BCUT2D eigenvalue weighted by atomic mass is 35.5. The van der Waals surface area contributed by atoms with Gasteiger partial charge in [0.15, 0.2) is 0 Å². The fourth-order valence-electron chi connectivity index (χ4n) is 3.30. The molecule has 1 aliphatic rings. The molecule has 0 spiro atoms. The standard InChI is InChI=1S/C21H24Cl2N6O/c1-13(2)26-20-25-11-15-7-9-29(12-19(15)27-20)21(30)28-18(4-3-8-24)14-5-6-16(22)17(23)10-14/h5-6,10-11,13,18H,3-4,7,9,12H2,1-2H3,(H,28,30)(H,25,26,27). The number of halogens is 2.